The fourth-order valence-electron chi connectivity index (χ4n) is 2.69. The highest BCUT2D eigenvalue weighted by molar-refractivity contribution is 6.44. The standard InChI is InChI=1S/C18H17N3O2/c1-21(2)13-9-7-12(8-10-13)11-16-17(19-22)14-5-3-4-6-15(14)18(16)20-23/h3-11,22-23H,1-2H3/b16-11?,19-17-,20-18+. The van der Waals surface area contributed by atoms with Crippen molar-refractivity contribution in [3.8, 4) is 0 Å². The maximum atomic E-state index is 9.40. The van der Waals surface area contributed by atoms with Gasteiger partial charge < -0.3 is 15.3 Å². The molecule has 0 bridgehead atoms. The van der Waals surface area contributed by atoms with Crippen molar-refractivity contribution in [2.24, 2.45) is 10.3 Å². The number of nitrogens with zero attached hydrogens (tertiary/aromatic N) is 3. The van der Waals surface area contributed by atoms with Crippen molar-refractivity contribution in [2.45, 2.75) is 0 Å². The van der Waals surface area contributed by atoms with Gasteiger partial charge in [0.05, 0.1) is 0 Å². The molecule has 0 aromatic heterocycles. The number of oxime groups is 2. The van der Waals surface area contributed by atoms with Crippen molar-refractivity contribution in [2.75, 3.05) is 19.0 Å². The molecule has 0 saturated carbocycles. The molecule has 1 aliphatic carbocycles. The molecule has 0 amide bonds. The van der Waals surface area contributed by atoms with Crippen LogP contribution in [0.4, 0.5) is 5.69 Å². The van der Waals surface area contributed by atoms with E-state index in [4.69, 9.17) is 0 Å². The highest BCUT2D eigenvalue weighted by Crippen LogP contribution is 2.29. The summed E-state index contributed by atoms with van der Waals surface area (Å²) in [7, 11) is 3.96. The molecule has 2 aromatic rings. The first-order valence-electron chi connectivity index (χ1n) is 7.19. The lowest BCUT2D eigenvalue weighted by atomic mass is 10.1. The number of rotatable bonds is 2. The average Bonchev–Trinajstić information content (AvgIpc) is 2.87. The van der Waals surface area contributed by atoms with Gasteiger partial charge in [-0.2, -0.15) is 0 Å². The summed E-state index contributed by atoms with van der Waals surface area (Å²) in [4.78, 5) is 2.02. The van der Waals surface area contributed by atoms with Gasteiger partial charge in [-0.25, -0.2) is 0 Å². The molecule has 0 atom stereocenters. The summed E-state index contributed by atoms with van der Waals surface area (Å²) in [6, 6.07) is 15.3. The summed E-state index contributed by atoms with van der Waals surface area (Å²) in [6.07, 6.45) is 1.85. The Morgan fingerprint density at radius 1 is 0.826 bits per heavy atom. The van der Waals surface area contributed by atoms with Gasteiger partial charge in [-0.05, 0) is 23.8 Å². The molecule has 0 heterocycles. The number of fused-ring (bicyclic) bond motifs is 1. The summed E-state index contributed by atoms with van der Waals surface area (Å²) in [5, 5.41) is 25.6. The number of hydrogen-bond donors (Lipinski definition) is 2. The van der Waals surface area contributed by atoms with Gasteiger partial charge in [0.25, 0.3) is 0 Å². The first kappa shape index (κ1) is 14.8. The zero-order valence-corrected chi connectivity index (χ0v) is 12.9. The molecular formula is C18H17N3O2. The van der Waals surface area contributed by atoms with Gasteiger partial charge in [-0.1, -0.05) is 46.7 Å². The molecule has 2 N–H and O–H groups in total. The number of anilines is 1. The third kappa shape index (κ3) is 2.57. The number of benzene rings is 2. The lowest BCUT2D eigenvalue weighted by molar-refractivity contribution is 0.318. The van der Waals surface area contributed by atoms with Crippen LogP contribution < -0.4 is 4.90 Å². The SMILES string of the molecule is CN(C)c1ccc(C=C2/C(=N\O)c3ccccc3/C2=N\O)cc1. The fraction of sp³-hybridized carbons (Fsp3) is 0.111. The van der Waals surface area contributed by atoms with Gasteiger partial charge in [0, 0.05) is 36.5 Å². The first-order valence-corrected chi connectivity index (χ1v) is 7.19. The Bertz CT molecular complexity index is 777. The van der Waals surface area contributed by atoms with E-state index < -0.39 is 0 Å². The third-order valence-electron chi connectivity index (χ3n) is 3.87. The molecule has 0 aliphatic heterocycles. The molecule has 3 rings (SSSR count). The normalized spacial score (nSPS) is 18.6. The van der Waals surface area contributed by atoms with Crippen molar-refractivity contribution >= 4 is 23.2 Å². The Hall–Kier alpha value is -3.08. The molecule has 0 radical (unpaired) electrons. The Morgan fingerprint density at radius 3 is 1.78 bits per heavy atom. The Kier molecular flexibility index (Phi) is 3.85. The maximum Gasteiger partial charge on any atom is 0.120 e. The zero-order valence-electron chi connectivity index (χ0n) is 12.9. The van der Waals surface area contributed by atoms with Crippen LogP contribution in [0.25, 0.3) is 6.08 Å². The van der Waals surface area contributed by atoms with Crippen LogP contribution in [0.2, 0.25) is 0 Å². The molecule has 5 nitrogen and oxygen atoms in total. The van der Waals surface area contributed by atoms with Gasteiger partial charge in [0.1, 0.15) is 11.4 Å². The summed E-state index contributed by atoms with van der Waals surface area (Å²) in [5.41, 5.74) is 4.93. The van der Waals surface area contributed by atoms with E-state index >= 15 is 0 Å². The highest BCUT2D eigenvalue weighted by Gasteiger charge is 2.30. The van der Waals surface area contributed by atoms with Crippen LogP contribution in [-0.2, 0) is 0 Å². The monoisotopic (exact) mass is 307 g/mol. The van der Waals surface area contributed by atoms with Crippen molar-refractivity contribution in [3.63, 3.8) is 0 Å². The maximum absolute atomic E-state index is 9.40. The predicted octanol–water partition coefficient (Wildman–Crippen LogP) is 3.21. The van der Waals surface area contributed by atoms with Crippen LogP contribution >= 0.6 is 0 Å². The second-order valence-corrected chi connectivity index (χ2v) is 5.49. The molecule has 5 heteroatoms. The van der Waals surface area contributed by atoms with Crippen LogP contribution in [-0.4, -0.2) is 35.9 Å². The lowest BCUT2D eigenvalue weighted by Gasteiger charge is -2.12. The molecule has 1 aliphatic rings. The second-order valence-electron chi connectivity index (χ2n) is 5.49. The minimum atomic E-state index is 0.407. The molecule has 0 saturated heterocycles. The van der Waals surface area contributed by atoms with Gasteiger partial charge in [-0.3, -0.25) is 0 Å². The smallest absolute Gasteiger partial charge is 0.120 e. The summed E-state index contributed by atoms with van der Waals surface area (Å²) in [5.74, 6) is 0. The fourth-order valence-corrected chi connectivity index (χ4v) is 2.69. The second kappa shape index (κ2) is 5.96. The van der Waals surface area contributed by atoms with E-state index in [-0.39, 0.29) is 0 Å². The number of hydrogen-bond acceptors (Lipinski definition) is 5. The lowest BCUT2D eigenvalue weighted by Crippen LogP contribution is -2.08. The van der Waals surface area contributed by atoms with Crippen molar-refractivity contribution in [1.29, 1.82) is 0 Å². The zero-order chi connectivity index (χ0) is 16.4. The molecule has 0 spiro atoms. The van der Waals surface area contributed by atoms with Crippen LogP contribution in [0.1, 0.15) is 16.7 Å². The van der Waals surface area contributed by atoms with Crippen molar-refractivity contribution in [3.05, 3.63) is 70.8 Å². The Morgan fingerprint density at radius 2 is 1.35 bits per heavy atom. The van der Waals surface area contributed by atoms with Gasteiger partial charge >= 0.3 is 0 Å². The first-order chi connectivity index (χ1) is 11.2. The van der Waals surface area contributed by atoms with Crippen LogP contribution in [0, 0.1) is 0 Å². The van der Waals surface area contributed by atoms with Gasteiger partial charge in [0.15, 0.2) is 0 Å². The van der Waals surface area contributed by atoms with Crippen molar-refractivity contribution in [1.82, 2.24) is 0 Å². The van der Waals surface area contributed by atoms with E-state index in [0.29, 0.717) is 17.0 Å². The van der Waals surface area contributed by atoms with E-state index in [1.165, 1.54) is 0 Å². The topological polar surface area (TPSA) is 68.4 Å². The predicted molar refractivity (Wildman–Crippen MR) is 91.8 cm³/mol. The van der Waals surface area contributed by atoms with E-state index in [0.717, 1.165) is 22.4 Å². The molecular weight excluding hydrogens is 290 g/mol. The molecule has 0 unspecified atom stereocenters. The van der Waals surface area contributed by atoms with E-state index in [1.807, 2.05) is 73.6 Å². The quantitative estimate of drug-likeness (QED) is 0.661. The number of allylic oxidation sites excluding steroid dienone is 1. The van der Waals surface area contributed by atoms with Crippen LogP contribution in [0.15, 0.2) is 64.4 Å². The van der Waals surface area contributed by atoms with Crippen LogP contribution in [0.3, 0.4) is 0 Å². The average molecular weight is 307 g/mol. The summed E-state index contributed by atoms with van der Waals surface area (Å²) in [6.45, 7) is 0. The van der Waals surface area contributed by atoms with E-state index in [9.17, 15) is 10.4 Å². The summed E-state index contributed by atoms with van der Waals surface area (Å²) < 4.78 is 0. The third-order valence-corrected chi connectivity index (χ3v) is 3.87. The molecule has 116 valence electrons. The molecule has 2 aromatic carbocycles. The minimum Gasteiger partial charge on any atom is -0.410 e. The Labute approximate surface area is 134 Å². The van der Waals surface area contributed by atoms with E-state index in [1.54, 1.807) is 0 Å². The molecule has 23 heavy (non-hydrogen) atoms. The highest BCUT2D eigenvalue weighted by atomic mass is 16.4. The van der Waals surface area contributed by atoms with Gasteiger partial charge in [-0.15, -0.1) is 0 Å². The van der Waals surface area contributed by atoms with Crippen LogP contribution in [0.5, 0.6) is 0 Å². The van der Waals surface area contributed by atoms with E-state index in [2.05, 4.69) is 10.3 Å². The summed E-state index contributed by atoms with van der Waals surface area (Å²) >= 11 is 0. The molecule has 0 fully saturated rings. The van der Waals surface area contributed by atoms with Crippen molar-refractivity contribution < 1.29 is 10.4 Å². The Balaban J connectivity index is 2.08. The largest absolute Gasteiger partial charge is 0.410 e. The minimum absolute atomic E-state index is 0.407. The van der Waals surface area contributed by atoms with Gasteiger partial charge in [0.2, 0.25) is 0 Å².